The van der Waals surface area contributed by atoms with Crippen LogP contribution in [0.1, 0.15) is 36.5 Å². The molecule has 3 nitrogen and oxygen atoms in total. The number of fused-ring (bicyclic) bond motifs is 1. The van der Waals surface area contributed by atoms with Crippen molar-refractivity contribution in [2.45, 2.75) is 40.0 Å². The molecule has 0 unspecified atom stereocenters. The second-order valence-electron chi connectivity index (χ2n) is 7.66. The van der Waals surface area contributed by atoms with Crippen molar-refractivity contribution in [3.63, 3.8) is 0 Å². The Bertz CT molecular complexity index is 1130. The van der Waals surface area contributed by atoms with Gasteiger partial charge in [-0.25, -0.2) is 9.97 Å². The smallest absolute Gasteiger partial charge is 0.162 e. The molecule has 0 amide bonds. The van der Waals surface area contributed by atoms with Crippen LogP contribution in [0.3, 0.4) is 0 Å². The molecule has 0 radical (unpaired) electrons. The van der Waals surface area contributed by atoms with Crippen LogP contribution < -0.4 is 5.32 Å². The van der Waals surface area contributed by atoms with Crippen molar-refractivity contribution in [2.75, 3.05) is 5.32 Å². The van der Waals surface area contributed by atoms with Crippen molar-refractivity contribution in [3.05, 3.63) is 83.4 Å². The summed E-state index contributed by atoms with van der Waals surface area (Å²) < 4.78 is 0. The first kappa shape index (κ1) is 19.1. The Hall–Kier alpha value is -3.20. The highest BCUT2D eigenvalue weighted by atomic mass is 15.0. The summed E-state index contributed by atoms with van der Waals surface area (Å²) in [4.78, 5) is 9.74. The highest BCUT2D eigenvalue weighted by Gasteiger charge is 2.11. The third kappa shape index (κ3) is 4.29. The molecule has 0 spiro atoms. The van der Waals surface area contributed by atoms with Crippen molar-refractivity contribution in [1.82, 2.24) is 9.97 Å². The Morgan fingerprint density at radius 1 is 0.862 bits per heavy atom. The fourth-order valence-corrected chi connectivity index (χ4v) is 3.50. The Morgan fingerprint density at radius 3 is 2.45 bits per heavy atom. The van der Waals surface area contributed by atoms with E-state index in [1.807, 2.05) is 18.2 Å². The summed E-state index contributed by atoms with van der Waals surface area (Å²) >= 11 is 0. The van der Waals surface area contributed by atoms with Gasteiger partial charge >= 0.3 is 0 Å². The zero-order valence-corrected chi connectivity index (χ0v) is 17.4. The second kappa shape index (κ2) is 8.44. The van der Waals surface area contributed by atoms with Crippen LogP contribution in [0.2, 0.25) is 0 Å². The van der Waals surface area contributed by atoms with Crippen LogP contribution in [0.4, 0.5) is 11.5 Å². The van der Waals surface area contributed by atoms with E-state index in [4.69, 9.17) is 9.97 Å². The Labute approximate surface area is 172 Å². The van der Waals surface area contributed by atoms with Gasteiger partial charge in [-0.05, 0) is 61.6 Å². The summed E-state index contributed by atoms with van der Waals surface area (Å²) in [5.41, 5.74) is 6.85. The van der Waals surface area contributed by atoms with E-state index >= 15 is 0 Å². The first-order chi connectivity index (χ1) is 14.1. The molecule has 4 aromatic rings. The summed E-state index contributed by atoms with van der Waals surface area (Å²) in [5, 5.41) is 4.58. The average molecular weight is 382 g/mol. The SMILES string of the molecule is CCCCc1ccc(-c2nc(Nc3cc(C)ccc3C)c3ccccc3n2)cc1. The zero-order valence-electron chi connectivity index (χ0n) is 17.4. The van der Waals surface area contributed by atoms with Crippen molar-refractivity contribution >= 4 is 22.4 Å². The first-order valence-corrected chi connectivity index (χ1v) is 10.3. The molecule has 146 valence electrons. The molecule has 4 rings (SSSR count). The van der Waals surface area contributed by atoms with Gasteiger partial charge in [0.2, 0.25) is 0 Å². The molecule has 0 saturated carbocycles. The van der Waals surface area contributed by atoms with E-state index < -0.39 is 0 Å². The maximum Gasteiger partial charge on any atom is 0.162 e. The van der Waals surface area contributed by atoms with Gasteiger partial charge in [0.05, 0.1) is 5.52 Å². The molecule has 29 heavy (non-hydrogen) atoms. The minimum absolute atomic E-state index is 0.749. The molecule has 0 fully saturated rings. The lowest BCUT2D eigenvalue weighted by Gasteiger charge is -2.13. The van der Waals surface area contributed by atoms with Crippen LogP contribution in [-0.2, 0) is 6.42 Å². The van der Waals surface area contributed by atoms with Crippen LogP contribution in [-0.4, -0.2) is 9.97 Å². The number of para-hydroxylation sites is 1. The number of rotatable bonds is 6. The quantitative estimate of drug-likeness (QED) is 0.391. The molecular formula is C26H27N3. The molecule has 0 aliphatic carbocycles. The minimum Gasteiger partial charge on any atom is -0.339 e. The van der Waals surface area contributed by atoms with E-state index in [1.54, 1.807) is 0 Å². The number of hydrogen-bond acceptors (Lipinski definition) is 3. The standard InChI is InChI=1S/C26H27N3/c1-4-5-8-20-13-15-21(16-14-20)25-27-23-10-7-6-9-22(23)26(29-25)28-24-17-18(2)11-12-19(24)3/h6-7,9-17H,4-5,8H2,1-3H3,(H,27,28,29). The normalized spacial score (nSPS) is 11.0. The van der Waals surface area contributed by atoms with Crippen molar-refractivity contribution in [2.24, 2.45) is 0 Å². The van der Waals surface area contributed by atoms with Gasteiger partial charge in [-0.3, -0.25) is 0 Å². The fraction of sp³-hybridized carbons (Fsp3) is 0.231. The summed E-state index contributed by atoms with van der Waals surface area (Å²) in [5.74, 6) is 1.59. The molecule has 3 heteroatoms. The third-order valence-corrected chi connectivity index (χ3v) is 5.28. The number of aryl methyl sites for hydroxylation is 3. The average Bonchev–Trinajstić information content (AvgIpc) is 2.75. The van der Waals surface area contributed by atoms with E-state index in [0.29, 0.717) is 0 Å². The lowest BCUT2D eigenvalue weighted by Crippen LogP contribution is -2.01. The summed E-state index contributed by atoms with van der Waals surface area (Å²) in [6.07, 6.45) is 3.55. The third-order valence-electron chi connectivity index (χ3n) is 5.28. The summed E-state index contributed by atoms with van der Waals surface area (Å²) in [7, 11) is 0. The first-order valence-electron chi connectivity index (χ1n) is 10.3. The lowest BCUT2D eigenvalue weighted by atomic mass is 10.1. The Kier molecular flexibility index (Phi) is 5.57. The zero-order chi connectivity index (χ0) is 20.2. The van der Waals surface area contributed by atoms with E-state index in [1.165, 1.54) is 29.5 Å². The van der Waals surface area contributed by atoms with Gasteiger partial charge in [0, 0.05) is 16.6 Å². The molecule has 0 bridgehead atoms. The predicted octanol–water partition coefficient (Wildman–Crippen LogP) is 7.00. The molecule has 1 aromatic heterocycles. The molecular weight excluding hydrogens is 354 g/mol. The van der Waals surface area contributed by atoms with Crippen molar-refractivity contribution < 1.29 is 0 Å². The minimum atomic E-state index is 0.749. The molecule has 0 atom stereocenters. The highest BCUT2D eigenvalue weighted by Crippen LogP contribution is 2.29. The topological polar surface area (TPSA) is 37.8 Å². The lowest BCUT2D eigenvalue weighted by molar-refractivity contribution is 0.795. The van der Waals surface area contributed by atoms with Gasteiger partial charge in [-0.2, -0.15) is 0 Å². The monoisotopic (exact) mass is 381 g/mol. The van der Waals surface area contributed by atoms with Crippen molar-refractivity contribution in [3.8, 4) is 11.4 Å². The van der Waals surface area contributed by atoms with Gasteiger partial charge < -0.3 is 5.32 Å². The van der Waals surface area contributed by atoms with E-state index in [9.17, 15) is 0 Å². The number of nitrogens with one attached hydrogen (secondary N) is 1. The number of unbranched alkanes of at least 4 members (excludes halogenated alkanes) is 1. The number of benzene rings is 3. The van der Waals surface area contributed by atoms with Gasteiger partial charge in [0.25, 0.3) is 0 Å². The van der Waals surface area contributed by atoms with Gasteiger partial charge in [0.15, 0.2) is 5.82 Å². The molecule has 3 aromatic carbocycles. The fourth-order valence-electron chi connectivity index (χ4n) is 3.50. The molecule has 1 heterocycles. The second-order valence-corrected chi connectivity index (χ2v) is 7.66. The number of nitrogens with zero attached hydrogens (tertiary/aromatic N) is 2. The Balaban J connectivity index is 1.75. The van der Waals surface area contributed by atoms with Crippen LogP contribution in [0.15, 0.2) is 66.7 Å². The summed E-state index contributed by atoms with van der Waals surface area (Å²) in [6.45, 7) is 6.44. The van der Waals surface area contributed by atoms with Crippen molar-refractivity contribution in [1.29, 1.82) is 0 Å². The highest BCUT2D eigenvalue weighted by molar-refractivity contribution is 5.92. The number of anilines is 2. The van der Waals surface area contributed by atoms with E-state index in [0.717, 1.165) is 40.2 Å². The van der Waals surface area contributed by atoms with Gasteiger partial charge in [-0.15, -0.1) is 0 Å². The molecule has 0 aliphatic heterocycles. The van der Waals surface area contributed by atoms with Crippen LogP contribution in [0.5, 0.6) is 0 Å². The molecule has 0 saturated heterocycles. The maximum absolute atomic E-state index is 4.91. The maximum atomic E-state index is 4.91. The number of hydrogen-bond donors (Lipinski definition) is 1. The molecule has 0 aliphatic rings. The Morgan fingerprint density at radius 2 is 1.66 bits per heavy atom. The molecule has 1 N–H and O–H groups in total. The van der Waals surface area contributed by atoms with Crippen LogP contribution >= 0.6 is 0 Å². The number of aromatic nitrogens is 2. The van der Waals surface area contributed by atoms with Gasteiger partial charge in [-0.1, -0.05) is 61.9 Å². The van der Waals surface area contributed by atoms with E-state index in [2.05, 4.69) is 74.6 Å². The van der Waals surface area contributed by atoms with Crippen LogP contribution in [0.25, 0.3) is 22.3 Å². The predicted molar refractivity (Wildman–Crippen MR) is 123 cm³/mol. The van der Waals surface area contributed by atoms with Gasteiger partial charge in [0.1, 0.15) is 5.82 Å². The summed E-state index contributed by atoms with van der Waals surface area (Å²) in [6, 6.07) is 23.3. The largest absolute Gasteiger partial charge is 0.339 e. The van der Waals surface area contributed by atoms with E-state index in [-0.39, 0.29) is 0 Å². The van der Waals surface area contributed by atoms with Crippen LogP contribution in [0, 0.1) is 13.8 Å².